The molecule has 4 aliphatic rings. The molecule has 0 aliphatic carbocycles. The normalized spacial score (nSPS) is 28.3. The first-order valence-electron chi connectivity index (χ1n) is 22.6. The van der Waals surface area contributed by atoms with Crippen LogP contribution in [0.1, 0.15) is 116 Å². The van der Waals surface area contributed by atoms with Crippen LogP contribution in [0.3, 0.4) is 0 Å². The van der Waals surface area contributed by atoms with E-state index in [2.05, 4.69) is 47.4 Å². The highest BCUT2D eigenvalue weighted by Crippen LogP contribution is 2.63. The van der Waals surface area contributed by atoms with Crippen molar-refractivity contribution >= 4 is 24.0 Å². The fraction of sp³-hybridized carbons (Fsp3) is 0.542. The second kappa shape index (κ2) is 15.8. The summed E-state index contributed by atoms with van der Waals surface area (Å²) in [7, 11) is 4.54. The van der Waals surface area contributed by atoms with Gasteiger partial charge in [-0.15, -0.1) is 0 Å². The van der Waals surface area contributed by atoms with E-state index in [0.717, 1.165) is 41.9 Å². The number of likely N-dealkylation sites (tertiary alicyclic amines) is 1. The first-order valence-corrected chi connectivity index (χ1v) is 22.6. The Morgan fingerprint density at radius 1 is 0.953 bits per heavy atom. The van der Waals surface area contributed by atoms with Crippen molar-refractivity contribution < 1.29 is 46.7 Å². The summed E-state index contributed by atoms with van der Waals surface area (Å²) in [5.74, 6) is 1.62. The average Bonchev–Trinajstić information content (AvgIpc) is 3.87. The zero-order valence-corrected chi connectivity index (χ0v) is 38.9. The minimum atomic E-state index is -1.16. The number of benzene rings is 2. The van der Waals surface area contributed by atoms with Crippen LogP contribution in [0, 0.1) is 17.7 Å². The molecule has 2 aromatic carbocycles. The van der Waals surface area contributed by atoms with E-state index in [9.17, 15) is 19.2 Å². The van der Waals surface area contributed by atoms with E-state index in [1.807, 2.05) is 60.0 Å². The van der Waals surface area contributed by atoms with Crippen molar-refractivity contribution in [2.24, 2.45) is 11.8 Å². The predicted molar refractivity (Wildman–Crippen MR) is 236 cm³/mol. The minimum Gasteiger partial charge on any atom is -0.457 e. The maximum Gasteiger partial charge on any atom is 0.412 e. The minimum absolute atomic E-state index is 0.0333. The van der Waals surface area contributed by atoms with Crippen LogP contribution in [0.15, 0.2) is 42.7 Å². The number of aromatic amines is 2. The zero-order chi connectivity index (χ0) is 46.3. The highest BCUT2D eigenvalue weighted by Gasteiger charge is 2.91. The molecule has 8 rings (SSSR count). The third kappa shape index (κ3) is 6.40. The average molecular weight is 883 g/mol. The first kappa shape index (κ1) is 45.0. The molecule has 16 heteroatoms. The number of fused-ring (bicyclic) bond motifs is 2. The number of carbonyl (C=O) groups is 4. The van der Waals surface area contributed by atoms with E-state index < -0.39 is 40.7 Å². The van der Waals surface area contributed by atoms with Crippen molar-refractivity contribution in [3.63, 3.8) is 0 Å². The Kier molecular flexibility index (Phi) is 11.1. The number of rotatable bonds is 10. The molecule has 15 nitrogen and oxygen atoms in total. The fourth-order valence-corrected chi connectivity index (χ4v) is 11.7. The second-order valence-electron chi connectivity index (χ2n) is 19.6. The van der Waals surface area contributed by atoms with E-state index in [-0.39, 0.29) is 44.6 Å². The molecule has 0 radical (unpaired) electrons. The number of likely N-dealkylation sites (N-methyl/N-ethyl adjacent to an activating group) is 1. The molecule has 3 saturated heterocycles. The SMILES string of the molecule is CCC1(c2ncc(-c3cc4c(cc3F)C(C)(C)c3cc(-c5cnc(C6CCC[N+](C)(C(=O)C(NC(=O)OC)C(C)C)C6C)[nH]5)ccc3O4)[nH]2)CCC[N+]12C(=O)C2(NC(=O)OC)C(C)C. The van der Waals surface area contributed by atoms with E-state index in [4.69, 9.17) is 24.2 Å². The van der Waals surface area contributed by atoms with Gasteiger partial charge in [0.1, 0.15) is 35.2 Å². The van der Waals surface area contributed by atoms with Gasteiger partial charge in [-0.1, -0.05) is 48.5 Å². The smallest absolute Gasteiger partial charge is 0.412 e. The number of ether oxygens (including phenoxy) is 3. The van der Waals surface area contributed by atoms with E-state index >= 15 is 4.39 Å². The summed E-state index contributed by atoms with van der Waals surface area (Å²) in [6, 6.07) is 8.42. The molecule has 4 amide bonds. The van der Waals surface area contributed by atoms with Crippen LogP contribution < -0.4 is 15.4 Å². The Bertz CT molecular complexity index is 2530. The van der Waals surface area contributed by atoms with Crippen LogP contribution in [0.5, 0.6) is 11.5 Å². The lowest BCUT2D eigenvalue weighted by atomic mass is 9.75. The summed E-state index contributed by atoms with van der Waals surface area (Å²) >= 11 is 0. The van der Waals surface area contributed by atoms with Crippen LogP contribution in [0.25, 0.3) is 22.5 Å². The van der Waals surface area contributed by atoms with Gasteiger partial charge in [-0.25, -0.2) is 38.0 Å². The molecule has 1 spiro atoms. The van der Waals surface area contributed by atoms with E-state index in [0.29, 0.717) is 60.1 Å². The van der Waals surface area contributed by atoms with Gasteiger partial charge in [-0.3, -0.25) is 9.80 Å². The molecular formula is C48H63FN8O7+2. The van der Waals surface area contributed by atoms with Crippen LogP contribution in [0.2, 0.25) is 0 Å². The van der Waals surface area contributed by atoms with Gasteiger partial charge in [0.15, 0.2) is 11.4 Å². The van der Waals surface area contributed by atoms with Gasteiger partial charge in [-0.05, 0) is 56.0 Å². The third-order valence-electron chi connectivity index (χ3n) is 15.6. The molecule has 7 atom stereocenters. The maximum atomic E-state index is 16.5. The molecule has 3 fully saturated rings. The molecule has 64 heavy (non-hydrogen) atoms. The van der Waals surface area contributed by atoms with Gasteiger partial charge in [0.25, 0.3) is 0 Å². The summed E-state index contributed by atoms with van der Waals surface area (Å²) < 4.78 is 33.1. The molecule has 6 heterocycles. The maximum absolute atomic E-state index is 16.5. The largest absolute Gasteiger partial charge is 0.457 e. The molecule has 2 aromatic heterocycles. The predicted octanol–water partition coefficient (Wildman–Crippen LogP) is 8.12. The highest BCUT2D eigenvalue weighted by molar-refractivity contribution is 5.96. The Labute approximate surface area is 374 Å². The fourth-order valence-electron chi connectivity index (χ4n) is 11.7. The Hall–Kier alpha value is -5.61. The number of carbonyl (C=O) groups excluding carboxylic acids is 4. The lowest BCUT2D eigenvalue weighted by Gasteiger charge is -2.46. The Balaban J connectivity index is 1.05. The number of alkyl carbamates (subject to hydrolysis) is 2. The number of quaternary nitrogens is 2. The zero-order valence-electron chi connectivity index (χ0n) is 38.9. The molecule has 4 aliphatic heterocycles. The lowest BCUT2D eigenvalue weighted by molar-refractivity contribution is -0.866. The van der Waals surface area contributed by atoms with Crippen LogP contribution in [0.4, 0.5) is 14.0 Å². The molecule has 342 valence electrons. The summed E-state index contributed by atoms with van der Waals surface area (Å²) in [6.07, 6.45) is 5.82. The standard InChI is InChI=1S/C48H61FN8O7/c1-12-47(18-14-20-57(47)43(59)48(57,27(4)5)55-45(61)63-11)42-51-25-36(53-42)31-22-38-33(23-34(31)49)46(7,8)32-21-29(16-17-37(32)64-38)35-24-50-40(52-35)30-15-13-19-56(9,28(30)6)41(58)39(26(2)3)54-44(60)62-10/h16-17,21-28,30,39H,12-15,18-20H2,1-11H3,(H2-2,50,51,52,53,54,55,60,61)/p+2. The van der Waals surface area contributed by atoms with Crippen molar-refractivity contribution in [3.8, 4) is 34.0 Å². The quantitative estimate of drug-likeness (QED) is 0.0905. The van der Waals surface area contributed by atoms with E-state index in [1.54, 1.807) is 12.3 Å². The number of nitrogens with zero attached hydrogens (tertiary/aromatic N) is 4. The van der Waals surface area contributed by atoms with Crippen molar-refractivity contribution in [2.45, 2.75) is 122 Å². The van der Waals surface area contributed by atoms with Crippen LogP contribution in [-0.4, -0.2) is 105 Å². The molecule has 0 saturated carbocycles. The summed E-state index contributed by atoms with van der Waals surface area (Å²) in [6.45, 7) is 17.1. The van der Waals surface area contributed by atoms with Gasteiger partial charge >= 0.3 is 29.7 Å². The van der Waals surface area contributed by atoms with Gasteiger partial charge < -0.3 is 29.5 Å². The number of halogens is 1. The summed E-state index contributed by atoms with van der Waals surface area (Å²) in [4.78, 5) is 69.7. The molecule has 0 bridgehead atoms. The number of hydrogen-bond donors (Lipinski definition) is 4. The number of nitrogens with one attached hydrogen (secondary N) is 4. The van der Waals surface area contributed by atoms with Gasteiger partial charge in [0.05, 0.1) is 64.1 Å². The molecule has 4 N–H and O–H groups in total. The number of hydrogen-bond acceptors (Lipinski definition) is 9. The monoisotopic (exact) mass is 882 g/mol. The number of aromatic nitrogens is 4. The number of amides is 4. The van der Waals surface area contributed by atoms with Gasteiger partial charge in [-0.2, -0.15) is 0 Å². The Morgan fingerprint density at radius 3 is 2.33 bits per heavy atom. The van der Waals surface area contributed by atoms with Crippen molar-refractivity contribution in [2.75, 3.05) is 34.4 Å². The number of imidazole rings is 2. The second-order valence-corrected chi connectivity index (χ2v) is 19.6. The van der Waals surface area contributed by atoms with Crippen molar-refractivity contribution in [1.29, 1.82) is 0 Å². The van der Waals surface area contributed by atoms with Crippen LogP contribution >= 0.6 is 0 Å². The number of piperidine rings is 1. The third-order valence-corrected chi connectivity index (χ3v) is 15.6. The number of H-pyrrole nitrogens is 2. The number of methoxy groups -OCH3 is 2. The summed E-state index contributed by atoms with van der Waals surface area (Å²) in [5, 5.41) is 5.68. The molecule has 4 aromatic rings. The van der Waals surface area contributed by atoms with E-state index in [1.165, 1.54) is 20.3 Å². The first-order chi connectivity index (χ1) is 30.3. The Morgan fingerprint density at radius 2 is 1.66 bits per heavy atom. The lowest BCUT2D eigenvalue weighted by Crippen LogP contribution is -2.66. The van der Waals surface area contributed by atoms with Crippen molar-refractivity contribution in [1.82, 2.24) is 30.6 Å². The molecular weight excluding hydrogens is 820 g/mol. The highest BCUT2D eigenvalue weighted by atomic mass is 19.1. The van der Waals surface area contributed by atoms with Gasteiger partial charge in [0, 0.05) is 52.8 Å². The van der Waals surface area contributed by atoms with Gasteiger partial charge in [0.2, 0.25) is 0 Å². The van der Waals surface area contributed by atoms with Crippen molar-refractivity contribution in [3.05, 3.63) is 71.3 Å². The summed E-state index contributed by atoms with van der Waals surface area (Å²) in [5.41, 5.74) is 1.48. The van der Waals surface area contributed by atoms with Crippen LogP contribution in [-0.2, 0) is 30.0 Å². The molecule has 7 unspecified atom stereocenters. The topological polar surface area (TPSA) is 177 Å².